The second kappa shape index (κ2) is 6.70. The highest BCUT2D eigenvalue weighted by Crippen LogP contribution is 2.26. The third kappa shape index (κ3) is 3.80. The Hall–Kier alpha value is 0.0900. The number of halogens is 2. The molecule has 1 aliphatic heterocycles. The van der Waals surface area contributed by atoms with Gasteiger partial charge in [0.05, 0.1) is 4.90 Å². The molecule has 6 heteroatoms. The Bertz CT molecular complexity index is 514. The van der Waals surface area contributed by atoms with Crippen LogP contribution in [0.25, 0.3) is 0 Å². The van der Waals surface area contributed by atoms with Gasteiger partial charge in [0.1, 0.15) is 0 Å². The Balaban J connectivity index is 2.17. The van der Waals surface area contributed by atoms with Gasteiger partial charge >= 0.3 is 0 Å². The van der Waals surface area contributed by atoms with Crippen molar-refractivity contribution in [1.82, 2.24) is 4.31 Å². The minimum absolute atomic E-state index is 0.384. The van der Waals surface area contributed by atoms with Gasteiger partial charge in [0.15, 0.2) is 0 Å². The van der Waals surface area contributed by atoms with Crippen LogP contribution < -0.4 is 0 Å². The third-order valence-electron chi connectivity index (χ3n) is 3.45. The Morgan fingerprint density at radius 2 is 1.95 bits per heavy atom. The number of piperidine rings is 1. The van der Waals surface area contributed by atoms with Crippen LogP contribution >= 0.6 is 31.9 Å². The number of nitrogens with zero attached hydrogens (tertiary/aromatic N) is 1. The quantitative estimate of drug-likeness (QED) is 0.710. The van der Waals surface area contributed by atoms with Crippen LogP contribution in [0.4, 0.5) is 0 Å². The molecular weight excluding hydrogens is 394 g/mol. The van der Waals surface area contributed by atoms with Gasteiger partial charge in [-0.2, -0.15) is 4.31 Å². The fourth-order valence-electron chi connectivity index (χ4n) is 2.39. The van der Waals surface area contributed by atoms with Crippen molar-refractivity contribution in [3.05, 3.63) is 28.7 Å². The highest BCUT2D eigenvalue weighted by atomic mass is 79.9. The number of hydrogen-bond donors (Lipinski definition) is 0. The van der Waals surface area contributed by atoms with Gasteiger partial charge in [0, 0.05) is 22.9 Å². The number of rotatable bonds is 4. The maximum atomic E-state index is 12.5. The van der Waals surface area contributed by atoms with E-state index in [1.54, 1.807) is 28.6 Å². The minimum atomic E-state index is -3.33. The Morgan fingerprint density at radius 3 is 2.58 bits per heavy atom. The molecule has 0 aliphatic carbocycles. The predicted molar refractivity (Wildman–Crippen MR) is 84.0 cm³/mol. The van der Waals surface area contributed by atoms with E-state index in [4.69, 9.17) is 0 Å². The molecule has 0 N–H and O–H groups in total. The maximum Gasteiger partial charge on any atom is 0.243 e. The fraction of sp³-hybridized carbons (Fsp3) is 0.538. The van der Waals surface area contributed by atoms with Gasteiger partial charge in [0.2, 0.25) is 10.0 Å². The van der Waals surface area contributed by atoms with Crippen LogP contribution in [0, 0.1) is 5.92 Å². The average Bonchev–Trinajstić information content (AvgIpc) is 2.40. The number of alkyl halides is 1. The topological polar surface area (TPSA) is 37.4 Å². The molecule has 1 heterocycles. The Labute approximate surface area is 131 Å². The molecule has 0 radical (unpaired) electrons. The lowest BCUT2D eigenvalue weighted by molar-refractivity contribution is 0.263. The monoisotopic (exact) mass is 409 g/mol. The van der Waals surface area contributed by atoms with Gasteiger partial charge in [-0.1, -0.05) is 31.9 Å². The summed E-state index contributed by atoms with van der Waals surface area (Å²) in [5.74, 6) is 0.471. The predicted octanol–water partition coefficient (Wildman–Crippen LogP) is 3.63. The van der Waals surface area contributed by atoms with Crippen LogP contribution in [0.3, 0.4) is 0 Å². The smallest absolute Gasteiger partial charge is 0.207 e. The third-order valence-corrected chi connectivity index (χ3v) is 6.32. The maximum absolute atomic E-state index is 12.5. The van der Waals surface area contributed by atoms with Crippen LogP contribution in [-0.4, -0.2) is 31.1 Å². The van der Waals surface area contributed by atoms with E-state index in [1.165, 1.54) is 0 Å². The summed E-state index contributed by atoms with van der Waals surface area (Å²) in [5.41, 5.74) is 0. The summed E-state index contributed by atoms with van der Waals surface area (Å²) in [5, 5.41) is 0.934. The van der Waals surface area contributed by atoms with Crippen molar-refractivity contribution in [3.8, 4) is 0 Å². The zero-order valence-corrected chi connectivity index (χ0v) is 14.5. The molecule has 1 unspecified atom stereocenters. The average molecular weight is 411 g/mol. The molecule has 19 heavy (non-hydrogen) atoms. The van der Waals surface area contributed by atoms with Crippen LogP contribution in [0.15, 0.2) is 33.6 Å². The van der Waals surface area contributed by atoms with E-state index < -0.39 is 10.0 Å². The van der Waals surface area contributed by atoms with E-state index in [1.807, 2.05) is 0 Å². The van der Waals surface area contributed by atoms with Crippen LogP contribution in [0.1, 0.15) is 19.3 Å². The van der Waals surface area contributed by atoms with E-state index in [0.717, 1.165) is 29.1 Å². The SMILES string of the molecule is O=S(=O)(c1ccc(Br)cc1)N1CCCC(CCBr)C1. The lowest BCUT2D eigenvalue weighted by Gasteiger charge is -2.31. The summed E-state index contributed by atoms with van der Waals surface area (Å²) in [4.78, 5) is 0.384. The van der Waals surface area contributed by atoms with Crippen LogP contribution in [0.2, 0.25) is 0 Å². The summed E-state index contributed by atoms with van der Waals surface area (Å²) in [6.45, 7) is 1.28. The van der Waals surface area contributed by atoms with Crippen molar-refractivity contribution in [2.45, 2.75) is 24.2 Å². The Morgan fingerprint density at radius 1 is 1.26 bits per heavy atom. The molecule has 1 fully saturated rings. The molecule has 0 saturated carbocycles. The first-order chi connectivity index (χ1) is 9.04. The normalized spacial score (nSPS) is 21.5. The molecule has 1 saturated heterocycles. The highest BCUT2D eigenvalue weighted by Gasteiger charge is 2.29. The highest BCUT2D eigenvalue weighted by molar-refractivity contribution is 9.10. The van der Waals surface area contributed by atoms with E-state index in [0.29, 0.717) is 23.9 Å². The molecule has 1 aromatic carbocycles. The van der Waals surface area contributed by atoms with Gasteiger partial charge in [-0.3, -0.25) is 0 Å². The van der Waals surface area contributed by atoms with Crippen molar-refractivity contribution in [1.29, 1.82) is 0 Å². The number of hydrogen-bond acceptors (Lipinski definition) is 2. The Kier molecular flexibility index (Phi) is 5.45. The van der Waals surface area contributed by atoms with E-state index in [9.17, 15) is 8.42 Å². The summed E-state index contributed by atoms with van der Waals surface area (Å²) >= 11 is 6.76. The second-order valence-corrected chi connectivity index (χ2v) is 8.45. The van der Waals surface area contributed by atoms with E-state index in [2.05, 4.69) is 31.9 Å². The van der Waals surface area contributed by atoms with Crippen LogP contribution in [-0.2, 0) is 10.0 Å². The van der Waals surface area contributed by atoms with Crippen LogP contribution in [0.5, 0.6) is 0 Å². The first-order valence-corrected chi connectivity index (χ1v) is 9.71. The molecule has 1 atom stereocenters. The lowest BCUT2D eigenvalue weighted by Crippen LogP contribution is -2.39. The van der Waals surface area contributed by atoms with Gasteiger partial charge in [-0.15, -0.1) is 0 Å². The molecule has 1 aliphatic rings. The van der Waals surface area contributed by atoms with Gasteiger partial charge in [-0.25, -0.2) is 8.42 Å². The molecule has 106 valence electrons. The van der Waals surface area contributed by atoms with Crippen molar-refractivity contribution >= 4 is 41.9 Å². The zero-order chi connectivity index (χ0) is 13.9. The van der Waals surface area contributed by atoms with Gasteiger partial charge < -0.3 is 0 Å². The lowest BCUT2D eigenvalue weighted by atomic mass is 9.97. The molecule has 2 rings (SSSR count). The first-order valence-electron chi connectivity index (χ1n) is 6.35. The first kappa shape index (κ1) is 15.5. The van der Waals surface area contributed by atoms with Crippen molar-refractivity contribution in [2.24, 2.45) is 5.92 Å². The second-order valence-electron chi connectivity index (χ2n) is 4.80. The van der Waals surface area contributed by atoms with E-state index >= 15 is 0 Å². The summed E-state index contributed by atoms with van der Waals surface area (Å²) in [7, 11) is -3.33. The van der Waals surface area contributed by atoms with Crippen molar-refractivity contribution < 1.29 is 8.42 Å². The number of benzene rings is 1. The zero-order valence-electron chi connectivity index (χ0n) is 10.6. The molecule has 0 amide bonds. The molecule has 0 aromatic heterocycles. The fourth-order valence-corrected chi connectivity index (χ4v) is 4.86. The van der Waals surface area contributed by atoms with Gasteiger partial charge in [-0.05, 0) is 49.4 Å². The number of sulfonamides is 1. The van der Waals surface area contributed by atoms with Gasteiger partial charge in [0.25, 0.3) is 0 Å². The largest absolute Gasteiger partial charge is 0.243 e. The summed E-state index contributed by atoms with van der Waals surface area (Å²) in [6.07, 6.45) is 3.11. The summed E-state index contributed by atoms with van der Waals surface area (Å²) < 4.78 is 27.6. The minimum Gasteiger partial charge on any atom is -0.207 e. The van der Waals surface area contributed by atoms with Crippen molar-refractivity contribution in [2.75, 3.05) is 18.4 Å². The molecule has 0 bridgehead atoms. The van der Waals surface area contributed by atoms with E-state index in [-0.39, 0.29) is 0 Å². The molecule has 3 nitrogen and oxygen atoms in total. The standard InChI is InChI=1S/C13H17Br2NO2S/c14-8-7-11-2-1-9-16(10-11)19(17,18)13-5-3-12(15)4-6-13/h3-6,11H,1-2,7-10H2. The van der Waals surface area contributed by atoms with Crippen molar-refractivity contribution in [3.63, 3.8) is 0 Å². The molecule has 1 aromatic rings. The summed E-state index contributed by atoms with van der Waals surface area (Å²) in [6, 6.07) is 6.86. The molecule has 0 spiro atoms. The molecular formula is C13H17Br2NO2S.